The first-order chi connectivity index (χ1) is 12.4. The lowest BCUT2D eigenvalue weighted by molar-refractivity contribution is 0.252. The minimum Gasteiger partial charge on any atom is -0.337 e. The minimum absolute atomic E-state index is 0.0120. The summed E-state index contributed by atoms with van der Waals surface area (Å²) in [7, 11) is -3.58. The summed E-state index contributed by atoms with van der Waals surface area (Å²) in [4.78, 5) is 11.8. The molecule has 0 radical (unpaired) electrons. The molecule has 0 atom stereocenters. The molecule has 3 rings (SSSR count). The number of hydrogen-bond donors (Lipinski definition) is 3. The third-order valence-corrected chi connectivity index (χ3v) is 4.89. The fourth-order valence-corrected chi connectivity index (χ4v) is 3.37. The van der Waals surface area contributed by atoms with Crippen LogP contribution in [0.15, 0.2) is 54.9 Å². The molecule has 26 heavy (non-hydrogen) atoms. The van der Waals surface area contributed by atoms with Gasteiger partial charge in [0.2, 0.25) is 10.0 Å². The van der Waals surface area contributed by atoms with Crippen molar-refractivity contribution in [1.82, 2.24) is 14.9 Å². The van der Waals surface area contributed by atoms with E-state index in [9.17, 15) is 13.2 Å². The van der Waals surface area contributed by atoms with Crippen LogP contribution in [0.3, 0.4) is 0 Å². The molecule has 3 aromatic rings. The molecule has 0 unspecified atom stereocenters. The van der Waals surface area contributed by atoms with Gasteiger partial charge in [-0.25, -0.2) is 17.7 Å². The lowest BCUT2D eigenvalue weighted by Gasteiger charge is -2.10. The molecule has 136 valence electrons. The average molecular weight is 373 g/mol. The third kappa shape index (κ3) is 4.73. The normalized spacial score (nSPS) is 11.3. The standard InChI is InChI=1S/C17H19N5O3S/c1-13-3-2-4-14(11-13)20-17(23)18-8-10-26(24,25)21-15-6-9-22-16(12-15)5-7-19-22/h2-7,9,11-12,21H,8,10H2,1H3,(H2,18,20,23). The largest absolute Gasteiger partial charge is 0.337 e. The van der Waals surface area contributed by atoms with Crippen molar-refractivity contribution in [3.63, 3.8) is 0 Å². The SMILES string of the molecule is Cc1cccc(NC(=O)NCCS(=O)(=O)Nc2ccn3nccc3c2)c1. The van der Waals surface area contributed by atoms with E-state index >= 15 is 0 Å². The topological polar surface area (TPSA) is 105 Å². The van der Waals surface area contributed by atoms with Crippen molar-refractivity contribution >= 4 is 32.9 Å². The van der Waals surface area contributed by atoms with Crippen LogP contribution >= 0.6 is 0 Å². The monoisotopic (exact) mass is 373 g/mol. The van der Waals surface area contributed by atoms with Crippen molar-refractivity contribution in [3.05, 3.63) is 60.4 Å². The second-order valence-electron chi connectivity index (χ2n) is 5.79. The van der Waals surface area contributed by atoms with Crippen molar-refractivity contribution in [2.75, 3.05) is 22.3 Å². The molecule has 0 aliphatic carbocycles. The van der Waals surface area contributed by atoms with Crippen LogP contribution in [-0.4, -0.2) is 36.4 Å². The van der Waals surface area contributed by atoms with Gasteiger partial charge in [-0.1, -0.05) is 12.1 Å². The Bertz CT molecular complexity index is 1030. The number of amides is 2. The molecule has 2 amide bonds. The predicted molar refractivity (Wildman–Crippen MR) is 101 cm³/mol. The molecule has 0 spiro atoms. The average Bonchev–Trinajstić information content (AvgIpc) is 3.01. The first-order valence-electron chi connectivity index (χ1n) is 7.97. The summed E-state index contributed by atoms with van der Waals surface area (Å²) in [5.41, 5.74) is 2.89. The number of urea groups is 1. The number of anilines is 2. The summed E-state index contributed by atoms with van der Waals surface area (Å²) >= 11 is 0. The van der Waals surface area contributed by atoms with Crippen LogP contribution in [0.5, 0.6) is 0 Å². The number of fused-ring (bicyclic) bond motifs is 1. The van der Waals surface area contributed by atoms with Crippen LogP contribution in [0.1, 0.15) is 5.56 Å². The smallest absolute Gasteiger partial charge is 0.319 e. The molecule has 3 N–H and O–H groups in total. The van der Waals surface area contributed by atoms with Crippen molar-refractivity contribution in [2.45, 2.75) is 6.92 Å². The maximum absolute atomic E-state index is 12.2. The quantitative estimate of drug-likeness (QED) is 0.616. The number of nitrogens with zero attached hydrogens (tertiary/aromatic N) is 2. The molecule has 0 aliphatic rings. The van der Waals surface area contributed by atoms with Gasteiger partial charge in [0.05, 0.1) is 17.0 Å². The van der Waals surface area contributed by atoms with Gasteiger partial charge in [-0.05, 0) is 42.8 Å². The maximum atomic E-state index is 12.2. The Morgan fingerprint density at radius 3 is 2.81 bits per heavy atom. The second kappa shape index (κ2) is 7.44. The summed E-state index contributed by atoms with van der Waals surface area (Å²) in [6, 6.07) is 12.0. The van der Waals surface area contributed by atoms with Gasteiger partial charge in [-0.3, -0.25) is 4.72 Å². The highest BCUT2D eigenvalue weighted by atomic mass is 32.2. The van der Waals surface area contributed by atoms with E-state index < -0.39 is 16.1 Å². The molecule has 0 saturated heterocycles. The summed E-state index contributed by atoms with van der Waals surface area (Å²) in [5.74, 6) is -0.237. The zero-order chi connectivity index (χ0) is 18.6. The molecule has 1 aromatic carbocycles. The fourth-order valence-electron chi connectivity index (χ4n) is 2.41. The van der Waals surface area contributed by atoms with E-state index in [4.69, 9.17) is 0 Å². The number of carbonyl (C=O) groups excluding carboxylic acids is 1. The summed E-state index contributed by atoms with van der Waals surface area (Å²) in [6.45, 7) is 1.91. The highest BCUT2D eigenvalue weighted by Gasteiger charge is 2.12. The zero-order valence-electron chi connectivity index (χ0n) is 14.1. The highest BCUT2D eigenvalue weighted by molar-refractivity contribution is 7.92. The van der Waals surface area contributed by atoms with E-state index in [0.29, 0.717) is 11.4 Å². The summed E-state index contributed by atoms with van der Waals surface area (Å²) < 4.78 is 28.4. The number of carbonyl (C=O) groups is 1. The van der Waals surface area contributed by atoms with Gasteiger partial charge < -0.3 is 10.6 Å². The lowest BCUT2D eigenvalue weighted by Crippen LogP contribution is -2.34. The van der Waals surface area contributed by atoms with E-state index in [1.54, 1.807) is 41.2 Å². The van der Waals surface area contributed by atoms with Crippen LogP contribution in [-0.2, 0) is 10.0 Å². The Morgan fingerprint density at radius 1 is 1.15 bits per heavy atom. The number of aromatic nitrogens is 2. The number of aryl methyl sites for hydroxylation is 1. The Labute approximate surface area is 151 Å². The van der Waals surface area contributed by atoms with E-state index in [1.807, 2.05) is 25.1 Å². The van der Waals surface area contributed by atoms with Gasteiger partial charge in [0.1, 0.15) is 0 Å². The second-order valence-corrected chi connectivity index (χ2v) is 7.63. The Hall–Kier alpha value is -3.07. The van der Waals surface area contributed by atoms with Gasteiger partial charge in [0.25, 0.3) is 0 Å². The first kappa shape index (κ1) is 17.7. The molecule has 8 nitrogen and oxygen atoms in total. The van der Waals surface area contributed by atoms with Gasteiger partial charge in [-0.2, -0.15) is 5.10 Å². The van der Waals surface area contributed by atoms with Gasteiger partial charge in [0.15, 0.2) is 0 Å². The summed E-state index contributed by atoms with van der Waals surface area (Å²) in [6.07, 6.45) is 3.30. The molecule has 2 aromatic heterocycles. The number of benzene rings is 1. The zero-order valence-corrected chi connectivity index (χ0v) is 15.0. The molecule has 0 aliphatic heterocycles. The van der Waals surface area contributed by atoms with Crippen LogP contribution in [0.25, 0.3) is 5.52 Å². The van der Waals surface area contributed by atoms with Gasteiger partial charge >= 0.3 is 6.03 Å². The number of hydrogen-bond acceptors (Lipinski definition) is 4. The minimum atomic E-state index is -3.58. The predicted octanol–water partition coefficient (Wildman–Crippen LogP) is 2.21. The maximum Gasteiger partial charge on any atom is 0.319 e. The van der Waals surface area contributed by atoms with Gasteiger partial charge in [0, 0.05) is 24.6 Å². The van der Waals surface area contributed by atoms with Crippen LogP contribution < -0.4 is 15.4 Å². The van der Waals surface area contributed by atoms with Crippen molar-refractivity contribution in [1.29, 1.82) is 0 Å². The Morgan fingerprint density at radius 2 is 2.00 bits per heavy atom. The van der Waals surface area contributed by atoms with Crippen LogP contribution in [0, 0.1) is 6.92 Å². The molecule has 2 heterocycles. The number of sulfonamides is 1. The summed E-state index contributed by atoms with van der Waals surface area (Å²) in [5, 5.41) is 9.25. The van der Waals surface area contributed by atoms with E-state index in [2.05, 4.69) is 20.5 Å². The first-order valence-corrected chi connectivity index (χ1v) is 9.62. The van der Waals surface area contributed by atoms with Gasteiger partial charge in [-0.15, -0.1) is 0 Å². The third-order valence-electron chi connectivity index (χ3n) is 3.61. The van der Waals surface area contributed by atoms with Crippen LogP contribution in [0.4, 0.5) is 16.2 Å². The number of pyridine rings is 1. The Balaban J connectivity index is 1.50. The van der Waals surface area contributed by atoms with Crippen molar-refractivity contribution in [3.8, 4) is 0 Å². The fraction of sp³-hybridized carbons (Fsp3) is 0.176. The van der Waals surface area contributed by atoms with Crippen molar-refractivity contribution < 1.29 is 13.2 Å². The molecule has 0 bridgehead atoms. The Kier molecular flexibility index (Phi) is 5.08. The molecular formula is C17H19N5O3S. The van der Waals surface area contributed by atoms with Crippen molar-refractivity contribution in [2.24, 2.45) is 0 Å². The van der Waals surface area contributed by atoms with E-state index in [0.717, 1.165) is 11.1 Å². The molecule has 0 fully saturated rings. The lowest BCUT2D eigenvalue weighted by atomic mass is 10.2. The highest BCUT2D eigenvalue weighted by Crippen LogP contribution is 2.13. The van der Waals surface area contributed by atoms with Crippen LogP contribution in [0.2, 0.25) is 0 Å². The van der Waals surface area contributed by atoms with E-state index in [-0.39, 0.29) is 12.3 Å². The molecule has 9 heteroatoms. The molecular weight excluding hydrogens is 354 g/mol. The van der Waals surface area contributed by atoms with E-state index in [1.165, 1.54) is 0 Å². The number of nitrogens with one attached hydrogen (secondary N) is 3. The molecule has 0 saturated carbocycles. The number of rotatable bonds is 6.